The molecule has 106 valence electrons. The fraction of sp³-hybridized carbons (Fsp3) is 0.692. The molecule has 1 aromatic rings. The number of nitrogens with zero attached hydrogens (tertiary/aromatic N) is 2. The second-order valence-corrected chi connectivity index (χ2v) is 7.18. The van der Waals surface area contributed by atoms with Crippen molar-refractivity contribution in [2.45, 2.75) is 43.8 Å². The molecule has 2 rings (SSSR count). The van der Waals surface area contributed by atoms with Crippen molar-refractivity contribution in [3.63, 3.8) is 0 Å². The Bertz CT molecular complexity index is 440. The van der Waals surface area contributed by atoms with Crippen LogP contribution in [0.1, 0.15) is 44.3 Å². The van der Waals surface area contributed by atoms with Gasteiger partial charge in [-0.15, -0.1) is 0 Å². The molecule has 6 heteroatoms. The molecule has 1 N–H and O–H groups in total. The van der Waals surface area contributed by atoms with Crippen molar-refractivity contribution in [2.24, 2.45) is 0 Å². The second-order valence-electron chi connectivity index (χ2n) is 5.02. The lowest BCUT2D eigenvalue weighted by atomic mass is 10.1. The van der Waals surface area contributed by atoms with Gasteiger partial charge in [0, 0.05) is 17.9 Å². The summed E-state index contributed by atoms with van der Waals surface area (Å²) in [5, 5.41) is 9.69. The first-order valence-electron chi connectivity index (χ1n) is 6.59. The minimum atomic E-state index is -0.787. The molecule has 1 aromatic heterocycles. The fourth-order valence-corrected chi connectivity index (χ4v) is 4.18. The number of aliphatic carboxylic acids is 1. The van der Waals surface area contributed by atoms with Gasteiger partial charge >= 0.3 is 5.97 Å². The van der Waals surface area contributed by atoms with Crippen molar-refractivity contribution < 1.29 is 9.90 Å². The zero-order valence-corrected chi connectivity index (χ0v) is 13.0. The number of carboxylic acids is 1. The van der Waals surface area contributed by atoms with E-state index in [9.17, 15) is 4.79 Å². The SMILES string of the molecule is CC(C)c1cnc(SCC(=O)O)n1C1CCSCC1. The van der Waals surface area contributed by atoms with Crippen LogP contribution in [0.4, 0.5) is 0 Å². The molecule has 0 atom stereocenters. The zero-order chi connectivity index (χ0) is 13.8. The second kappa shape index (κ2) is 6.70. The first-order chi connectivity index (χ1) is 9.09. The molecule has 0 spiro atoms. The summed E-state index contributed by atoms with van der Waals surface area (Å²) >= 11 is 3.33. The third-order valence-corrected chi connectivity index (χ3v) is 5.26. The first-order valence-corrected chi connectivity index (χ1v) is 8.73. The quantitative estimate of drug-likeness (QED) is 0.846. The Morgan fingerprint density at radius 3 is 2.84 bits per heavy atom. The number of carbonyl (C=O) groups is 1. The van der Waals surface area contributed by atoms with E-state index in [0.717, 1.165) is 18.0 Å². The Labute approximate surface area is 122 Å². The standard InChI is InChI=1S/C13H20N2O2S2/c1-9(2)11-7-14-13(19-8-12(16)17)15(11)10-3-5-18-6-4-10/h7,9-10H,3-6,8H2,1-2H3,(H,16,17). The van der Waals surface area contributed by atoms with Gasteiger partial charge in [0.1, 0.15) is 0 Å². The smallest absolute Gasteiger partial charge is 0.313 e. The molecular formula is C13H20N2O2S2. The van der Waals surface area contributed by atoms with Crippen LogP contribution in [0, 0.1) is 0 Å². The van der Waals surface area contributed by atoms with Gasteiger partial charge in [-0.3, -0.25) is 4.79 Å². The predicted octanol–water partition coefficient (Wildman–Crippen LogP) is 3.25. The summed E-state index contributed by atoms with van der Waals surface area (Å²) in [4.78, 5) is 15.2. The van der Waals surface area contributed by atoms with E-state index in [2.05, 4.69) is 23.4 Å². The summed E-state index contributed by atoms with van der Waals surface area (Å²) in [6.07, 6.45) is 4.22. The molecule has 0 aromatic carbocycles. The maximum Gasteiger partial charge on any atom is 0.313 e. The molecule has 0 unspecified atom stereocenters. The Kier molecular flexibility index (Phi) is 5.21. The molecule has 2 heterocycles. The number of hydrogen-bond donors (Lipinski definition) is 1. The summed E-state index contributed by atoms with van der Waals surface area (Å²) in [6.45, 7) is 4.33. The van der Waals surface area contributed by atoms with E-state index in [1.165, 1.54) is 29.0 Å². The highest BCUT2D eigenvalue weighted by Crippen LogP contribution is 2.34. The molecule has 1 aliphatic heterocycles. The van der Waals surface area contributed by atoms with Crippen LogP contribution >= 0.6 is 23.5 Å². The van der Waals surface area contributed by atoms with Gasteiger partial charge < -0.3 is 9.67 Å². The molecule has 0 radical (unpaired) electrons. The van der Waals surface area contributed by atoms with E-state index in [4.69, 9.17) is 5.11 Å². The third kappa shape index (κ3) is 3.69. The lowest BCUT2D eigenvalue weighted by Crippen LogP contribution is -2.19. The van der Waals surface area contributed by atoms with Crippen LogP contribution in [-0.4, -0.2) is 37.9 Å². The molecule has 4 nitrogen and oxygen atoms in total. The predicted molar refractivity (Wildman–Crippen MR) is 80.3 cm³/mol. The van der Waals surface area contributed by atoms with Crippen molar-refractivity contribution in [3.05, 3.63) is 11.9 Å². The summed E-state index contributed by atoms with van der Waals surface area (Å²) < 4.78 is 2.29. The minimum absolute atomic E-state index is 0.0794. The third-order valence-electron chi connectivity index (χ3n) is 3.26. The maximum atomic E-state index is 10.7. The highest BCUT2D eigenvalue weighted by atomic mass is 32.2. The summed E-state index contributed by atoms with van der Waals surface area (Å²) in [5.41, 5.74) is 1.23. The van der Waals surface area contributed by atoms with Gasteiger partial charge in [-0.1, -0.05) is 25.6 Å². The average molecular weight is 300 g/mol. The van der Waals surface area contributed by atoms with Crippen LogP contribution in [0.5, 0.6) is 0 Å². The van der Waals surface area contributed by atoms with Gasteiger partial charge in [-0.05, 0) is 30.3 Å². The van der Waals surface area contributed by atoms with Crippen molar-refractivity contribution in [1.29, 1.82) is 0 Å². The summed E-state index contributed by atoms with van der Waals surface area (Å²) in [6, 6.07) is 0.484. The van der Waals surface area contributed by atoms with Crippen molar-refractivity contribution in [1.82, 2.24) is 9.55 Å². The Balaban J connectivity index is 2.24. The Morgan fingerprint density at radius 1 is 1.58 bits per heavy atom. The molecular weight excluding hydrogens is 280 g/mol. The van der Waals surface area contributed by atoms with E-state index in [1.807, 2.05) is 18.0 Å². The van der Waals surface area contributed by atoms with E-state index in [0.29, 0.717) is 12.0 Å². The number of rotatable bonds is 5. The van der Waals surface area contributed by atoms with E-state index in [1.54, 1.807) is 0 Å². The number of imidazole rings is 1. The van der Waals surface area contributed by atoms with Gasteiger partial charge in [-0.2, -0.15) is 11.8 Å². The van der Waals surface area contributed by atoms with E-state index in [-0.39, 0.29) is 5.75 Å². The van der Waals surface area contributed by atoms with E-state index < -0.39 is 5.97 Å². The monoisotopic (exact) mass is 300 g/mol. The van der Waals surface area contributed by atoms with E-state index >= 15 is 0 Å². The molecule has 19 heavy (non-hydrogen) atoms. The van der Waals surface area contributed by atoms with Gasteiger partial charge in [0.05, 0.1) is 5.75 Å². The molecule has 1 fully saturated rings. The largest absolute Gasteiger partial charge is 0.481 e. The summed E-state index contributed by atoms with van der Waals surface area (Å²) in [5.74, 6) is 2.08. The number of hydrogen-bond acceptors (Lipinski definition) is 4. The maximum absolute atomic E-state index is 10.7. The Morgan fingerprint density at radius 2 is 2.26 bits per heavy atom. The van der Waals surface area contributed by atoms with Gasteiger partial charge in [-0.25, -0.2) is 4.98 Å². The topological polar surface area (TPSA) is 55.1 Å². The number of thioether (sulfide) groups is 2. The molecule has 0 amide bonds. The van der Waals surface area contributed by atoms with Crippen LogP contribution in [0.3, 0.4) is 0 Å². The number of aromatic nitrogens is 2. The molecule has 0 saturated carbocycles. The fourth-order valence-electron chi connectivity index (χ4n) is 2.33. The lowest BCUT2D eigenvalue weighted by Gasteiger charge is -2.27. The molecule has 1 aliphatic rings. The summed E-state index contributed by atoms with van der Waals surface area (Å²) in [7, 11) is 0. The first kappa shape index (κ1) is 14.8. The van der Waals surface area contributed by atoms with Gasteiger partial charge in [0.25, 0.3) is 0 Å². The van der Waals surface area contributed by atoms with Crippen LogP contribution in [0.2, 0.25) is 0 Å². The molecule has 0 aliphatic carbocycles. The van der Waals surface area contributed by atoms with Gasteiger partial charge in [0.2, 0.25) is 0 Å². The lowest BCUT2D eigenvalue weighted by molar-refractivity contribution is -0.133. The van der Waals surface area contributed by atoms with Crippen molar-refractivity contribution in [2.75, 3.05) is 17.3 Å². The zero-order valence-electron chi connectivity index (χ0n) is 11.3. The molecule has 1 saturated heterocycles. The highest BCUT2D eigenvalue weighted by molar-refractivity contribution is 7.99. The minimum Gasteiger partial charge on any atom is -0.481 e. The normalized spacial score (nSPS) is 17.0. The van der Waals surface area contributed by atoms with Crippen LogP contribution in [0.25, 0.3) is 0 Å². The average Bonchev–Trinajstić information content (AvgIpc) is 2.81. The van der Waals surface area contributed by atoms with Crippen LogP contribution in [0.15, 0.2) is 11.4 Å². The van der Waals surface area contributed by atoms with Gasteiger partial charge in [0.15, 0.2) is 5.16 Å². The number of carboxylic acid groups (broad SMARTS) is 1. The van der Waals surface area contributed by atoms with Crippen LogP contribution < -0.4 is 0 Å². The van der Waals surface area contributed by atoms with Crippen molar-refractivity contribution in [3.8, 4) is 0 Å². The highest BCUT2D eigenvalue weighted by Gasteiger charge is 2.23. The van der Waals surface area contributed by atoms with Crippen molar-refractivity contribution >= 4 is 29.5 Å². The van der Waals surface area contributed by atoms with Crippen LogP contribution in [-0.2, 0) is 4.79 Å². The Hall–Kier alpha value is -0.620. The molecule has 0 bridgehead atoms.